The third kappa shape index (κ3) is 4.02. The maximum Gasteiger partial charge on any atom is 0.304 e. The van der Waals surface area contributed by atoms with Gasteiger partial charge >= 0.3 is 5.97 Å². The maximum absolute atomic E-state index is 13.5. The molecule has 0 amide bonds. The van der Waals surface area contributed by atoms with Crippen LogP contribution in [0.4, 0.5) is 8.78 Å². The van der Waals surface area contributed by atoms with E-state index in [2.05, 4.69) is 15.9 Å². The molecule has 1 rings (SSSR count). The van der Waals surface area contributed by atoms with Gasteiger partial charge in [0.15, 0.2) is 9.84 Å². The SMILES string of the molecule is O=C(O)CCS(=O)(=O)Cc1c(F)ccc(Br)c1F. The summed E-state index contributed by atoms with van der Waals surface area (Å²) < 4.78 is 49.8. The second-order valence-corrected chi connectivity index (χ2v) is 6.60. The lowest BCUT2D eigenvalue weighted by atomic mass is 10.2. The minimum absolute atomic E-state index is 0.0488. The summed E-state index contributed by atoms with van der Waals surface area (Å²) >= 11 is 2.82. The summed E-state index contributed by atoms with van der Waals surface area (Å²) in [4.78, 5) is 10.3. The number of rotatable bonds is 5. The van der Waals surface area contributed by atoms with Gasteiger partial charge in [0.2, 0.25) is 0 Å². The first-order valence-corrected chi connectivity index (χ1v) is 7.39. The van der Waals surface area contributed by atoms with Crippen molar-refractivity contribution in [3.05, 3.63) is 33.8 Å². The van der Waals surface area contributed by atoms with E-state index in [-0.39, 0.29) is 4.47 Å². The molecule has 0 heterocycles. The second kappa shape index (κ2) is 5.75. The van der Waals surface area contributed by atoms with Gasteiger partial charge in [-0.2, -0.15) is 0 Å². The van der Waals surface area contributed by atoms with Gasteiger partial charge in [0, 0.05) is 5.56 Å². The standard InChI is InChI=1S/C10H9BrF2O4S/c11-7-1-2-8(12)6(10(7)13)5-18(16,17)4-3-9(14)15/h1-2H,3-5H2,(H,14,15). The van der Waals surface area contributed by atoms with Crippen molar-refractivity contribution in [2.45, 2.75) is 12.2 Å². The molecule has 0 aliphatic heterocycles. The van der Waals surface area contributed by atoms with Crippen LogP contribution in [0.15, 0.2) is 16.6 Å². The van der Waals surface area contributed by atoms with Gasteiger partial charge in [-0.05, 0) is 28.1 Å². The van der Waals surface area contributed by atoms with Crippen molar-refractivity contribution in [3.63, 3.8) is 0 Å². The summed E-state index contributed by atoms with van der Waals surface area (Å²) in [5.41, 5.74) is -0.588. The zero-order valence-corrected chi connectivity index (χ0v) is 11.4. The van der Waals surface area contributed by atoms with Crippen LogP contribution >= 0.6 is 15.9 Å². The van der Waals surface area contributed by atoms with Crippen LogP contribution in [0.2, 0.25) is 0 Å². The third-order valence-corrected chi connectivity index (χ3v) is 4.30. The molecule has 0 saturated heterocycles. The van der Waals surface area contributed by atoms with Crippen LogP contribution in [0.1, 0.15) is 12.0 Å². The first-order valence-electron chi connectivity index (χ1n) is 4.77. The Balaban J connectivity index is 2.97. The smallest absolute Gasteiger partial charge is 0.304 e. The number of sulfone groups is 1. The Morgan fingerprint density at radius 2 is 1.94 bits per heavy atom. The van der Waals surface area contributed by atoms with E-state index in [1.807, 2.05) is 0 Å². The molecule has 18 heavy (non-hydrogen) atoms. The number of hydrogen-bond donors (Lipinski definition) is 1. The normalized spacial score (nSPS) is 11.5. The Hall–Kier alpha value is -1.02. The topological polar surface area (TPSA) is 71.4 Å². The molecule has 0 fully saturated rings. The zero-order chi connectivity index (χ0) is 13.9. The lowest BCUT2D eigenvalue weighted by Crippen LogP contribution is -2.14. The largest absolute Gasteiger partial charge is 0.481 e. The third-order valence-electron chi connectivity index (χ3n) is 2.13. The molecule has 0 aromatic heterocycles. The van der Waals surface area contributed by atoms with E-state index in [4.69, 9.17) is 5.11 Å². The molecule has 0 aliphatic rings. The molecule has 0 saturated carbocycles. The fraction of sp³-hybridized carbons (Fsp3) is 0.300. The molecular formula is C10H9BrF2O4S. The fourth-order valence-electron chi connectivity index (χ4n) is 1.24. The van der Waals surface area contributed by atoms with E-state index in [9.17, 15) is 22.0 Å². The Morgan fingerprint density at radius 1 is 1.33 bits per heavy atom. The Bertz CT molecular complexity index is 571. The Labute approximate surface area is 111 Å². The number of halogens is 3. The number of hydrogen-bond acceptors (Lipinski definition) is 3. The van der Waals surface area contributed by atoms with Crippen LogP contribution in [-0.2, 0) is 20.4 Å². The van der Waals surface area contributed by atoms with E-state index in [1.54, 1.807) is 0 Å². The number of benzene rings is 1. The molecule has 1 aromatic carbocycles. The summed E-state index contributed by atoms with van der Waals surface area (Å²) in [5.74, 6) is -4.78. The fourth-order valence-corrected chi connectivity index (χ4v) is 2.94. The average Bonchev–Trinajstić information content (AvgIpc) is 2.27. The summed E-state index contributed by atoms with van der Waals surface area (Å²) in [6, 6.07) is 2.06. The molecule has 0 unspecified atom stereocenters. The quantitative estimate of drug-likeness (QED) is 0.832. The first kappa shape index (κ1) is 15.0. The lowest BCUT2D eigenvalue weighted by Gasteiger charge is -2.07. The van der Waals surface area contributed by atoms with Gasteiger partial charge in [-0.3, -0.25) is 4.79 Å². The van der Waals surface area contributed by atoms with E-state index >= 15 is 0 Å². The minimum atomic E-state index is -3.87. The van der Waals surface area contributed by atoms with Crippen molar-refractivity contribution in [1.29, 1.82) is 0 Å². The van der Waals surface area contributed by atoms with Crippen LogP contribution in [0.25, 0.3) is 0 Å². The lowest BCUT2D eigenvalue weighted by molar-refractivity contribution is -0.136. The molecule has 0 aliphatic carbocycles. The van der Waals surface area contributed by atoms with Gasteiger partial charge in [-0.1, -0.05) is 0 Å². The van der Waals surface area contributed by atoms with Crippen molar-refractivity contribution in [3.8, 4) is 0 Å². The van der Waals surface area contributed by atoms with Crippen LogP contribution in [0.3, 0.4) is 0 Å². The summed E-state index contributed by atoms with van der Waals surface area (Å²) in [6.07, 6.45) is -0.598. The molecule has 4 nitrogen and oxygen atoms in total. The van der Waals surface area contributed by atoms with Crippen molar-refractivity contribution < 1.29 is 27.1 Å². The van der Waals surface area contributed by atoms with Crippen molar-refractivity contribution in [2.75, 3.05) is 5.75 Å². The van der Waals surface area contributed by atoms with Gasteiger partial charge in [-0.25, -0.2) is 17.2 Å². The highest BCUT2D eigenvalue weighted by atomic mass is 79.9. The number of carboxylic acid groups (broad SMARTS) is 1. The number of aliphatic carboxylic acids is 1. The van der Waals surface area contributed by atoms with Gasteiger partial charge in [0.1, 0.15) is 11.6 Å². The van der Waals surface area contributed by atoms with Crippen molar-refractivity contribution in [1.82, 2.24) is 0 Å². The monoisotopic (exact) mass is 342 g/mol. The average molecular weight is 343 g/mol. The zero-order valence-electron chi connectivity index (χ0n) is 8.99. The number of carbonyl (C=O) groups is 1. The van der Waals surface area contributed by atoms with Crippen molar-refractivity contribution >= 4 is 31.7 Å². The molecule has 0 radical (unpaired) electrons. The number of carboxylic acids is 1. The molecule has 0 atom stereocenters. The van der Waals surface area contributed by atoms with Crippen LogP contribution in [0.5, 0.6) is 0 Å². The summed E-state index contributed by atoms with van der Waals surface area (Å²) in [7, 11) is -3.87. The van der Waals surface area contributed by atoms with Crippen molar-refractivity contribution in [2.24, 2.45) is 0 Å². The summed E-state index contributed by atoms with van der Waals surface area (Å²) in [5, 5.41) is 8.38. The first-order chi connectivity index (χ1) is 8.23. The van der Waals surface area contributed by atoms with Crippen LogP contribution in [0, 0.1) is 11.6 Å². The maximum atomic E-state index is 13.5. The van der Waals surface area contributed by atoms with Gasteiger partial charge in [0.25, 0.3) is 0 Å². The summed E-state index contributed by atoms with van der Waals surface area (Å²) in [6.45, 7) is 0. The van der Waals surface area contributed by atoms with E-state index in [0.29, 0.717) is 0 Å². The molecule has 0 spiro atoms. The molecule has 100 valence electrons. The minimum Gasteiger partial charge on any atom is -0.481 e. The molecule has 1 N–H and O–H groups in total. The molecule has 1 aromatic rings. The van der Waals surface area contributed by atoms with Gasteiger partial charge < -0.3 is 5.11 Å². The second-order valence-electron chi connectivity index (χ2n) is 3.56. The molecule has 0 bridgehead atoms. The molecule has 8 heteroatoms. The van der Waals surface area contributed by atoms with Crippen LogP contribution in [-0.4, -0.2) is 25.2 Å². The Kier molecular flexibility index (Phi) is 4.80. The van der Waals surface area contributed by atoms with E-state index in [0.717, 1.165) is 12.1 Å². The van der Waals surface area contributed by atoms with Crippen LogP contribution < -0.4 is 0 Å². The highest BCUT2D eigenvalue weighted by molar-refractivity contribution is 9.10. The van der Waals surface area contributed by atoms with E-state index < -0.39 is 50.9 Å². The highest BCUT2D eigenvalue weighted by Gasteiger charge is 2.20. The molecular weight excluding hydrogens is 334 g/mol. The van der Waals surface area contributed by atoms with E-state index in [1.165, 1.54) is 0 Å². The van der Waals surface area contributed by atoms with Gasteiger partial charge in [-0.15, -0.1) is 0 Å². The predicted octanol–water partition coefficient (Wildman–Crippen LogP) is 2.12. The predicted molar refractivity (Wildman–Crippen MR) is 63.8 cm³/mol. The highest BCUT2D eigenvalue weighted by Crippen LogP contribution is 2.23. The van der Waals surface area contributed by atoms with Gasteiger partial charge in [0.05, 0.1) is 22.4 Å². The Morgan fingerprint density at radius 3 is 2.50 bits per heavy atom.